The van der Waals surface area contributed by atoms with Crippen molar-refractivity contribution in [3.63, 3.8) is 0 Å². The number of H-pyrrole nitrogens is 1. The van der Waals surface area contributed by atoms with Crippen molar-refractivity contribution in [1.29, 1.82) is 0 Å². The van der Waals surface area contributed by atoms with Crippen LogP contribution in [-0.4, -0.2) is 41.2 Å². The van der Waals surface area contributed by atoms with Gasteiger partial charge in [-0.1, -0.05) is 13.8 Å². The van der Waals surface area contributed by atoms with Gasteiger partial charge in [0, 0.05) is 31.4 Å². The maximum atomic E-state index is 13.7. The summed E-state index contributed by atoms with van der Waals surface area (Å²) in [7, 11) is 0. The Kier molecular flexibility index (Phi) is 6.29. The fourth-order valence-corrected chi connectivity index (χ4v) is 3.45. The minimum atomic E-state index is -0.983. The second kappa shape index (κ2) is 7.88. The summed E-state index contributed by atoms with van der Waals surface area (Å²) in [4.78, 5) is 21.6. The molecule has 1 amide bonds. The van der Waals surface area contributed by atoms with Gasteiger partial charge in [0.1, 0.15) is 11.8 Å². The highest BCUT2D eigenvalue weighted by Crippen LogP contribution is 2.39. The van der Waals surface area contributed by atoms with Crippen LogP contribution >= 0.6 is 28.3 Å². The van der Waals surface area contributed by atoms with E-state index in [1.807, 2.05) is 18.7 Å². The quantitative estimate of drug-likeness (QED) is 0.692. The average molecular weight is 435 g/mol. The number of hydrogen-bond donors (Lipinski definition) is 3. The highest BCUT2D eigenvalue weighted by Gasteiger charge is 2.29. The zero-order valence-corrected chi connectivity index (χ0v) is 16.5. The molecule has 2 atom stereocenters. The largest absolute Gasteiger partial charge is 0.368 e. The molecule has 0 aromatic carbocycles. The van der Waals surface area contributed by atoms with E-state index in [1.54, 1.807) is 12.4 Å². The predicted molar refractivity (Wildman–Crippen MR) is 104 cm³/mol. The van der Waals surface area contributed by atoms with E-state index >= 15 is 0 Å². The summed E-state index contributed by atoms with van der Waals surface area (Å²) in [6, 6.07) is -0.526. The number of nitrogens with two attached hydrogens (primary N) is 1. The van der Waals surface area contributed by atoms with E-state index in [9.17, 15) is 9.18 Å². The summed E-state index contributed by atoms with van der Waals surface area (Å²) >= 11 is 3.54. The van der Waals surface area contributed by atoms with Crippen LogP contribution in [0.4, 0.5) is 15.8 Å². The van der Waals surface area contributed by atoms with E-state index in [-0.39, 0.29) is 24.2 Å². The van der Waals surface area contributed by atoms with Crippen LogP contribution in [0.3, 0.4) is 0 Å². The Morgan fingerprint density at radius 2 is 2.28 bits per heavy atom. The molecule has 3 heterocycles. The van der Waals surface area contributed by atoms with Gasteiger partial charge in [0.2, 0.25) is 5.91 Å². The van der Waals surface area contributed by atoms with Gasteiger partial charge in [-0.15, -0.1) is 12.4 Å². The number of piperidine rings is 1. The molecule has 2 aromatic heterocycles. The highest BCUT2D eigenvalue weighted by atomic mass is 79.9. The minimum Gasteiger partial charge on any atom is -0.368 e. The van der Waals surface area contributed by atoms with Crippen LogP contribution in [0, 0.1) is 5.92 Å². The number of carbonyl (C=O) groups is 1. The third kappa shape index (κ3) is 3.91. The molecule has 1 aliphatic rings. The zero-order chi connectivity index (χ0) is 17.4. The molecule has 25 heavy (non-hydrogen) atoms. The Bertz CT molecular complexity index is 768. The molecule has 0 saturated carbocycles. The number of rotatable bonds is 3. The number of nitrogens with zero attached hydrogens (tertiary/aromatic N) is 2. The number of aromatic amines is 1. The van der Waals surface area contributed by atoms with Crippen molar-refractivity contribution in [1.82, 2.24) is 9.97 Å². The van der Waals surface area contributed by atoms with Crippen molar-refractivity contribution < 1.29 is 9.18 Å². The Morgan fingerprint density at radius 3 is 2.92 bits per heavy atom. The van der Waals surface area contributed by atoms with Gasteiger partial charge in [-0.05, 0) is 22.4 Å². The maximum absolute atomic E-state index is 13.7. The molecule has 1 fully saturated rings. The number of hydrogen-bond acceptors (Lipinski definition) is 4. The lowest BCUT2D eigenvalue weighted by molar-refractivity contribution is -0.118. The fourth-order valence-electron chi connectivity index (χ4n) is 2.90. The number of alkyl halides is 1. The Labute approximate surface area is 160 Å². The van der Waals surface area contributed by atoms with Crippen molar-refractivity contribution in [3.05, 3.63) is 16.9 Å². The SMILES string of the molecule is CC(C)C(=O)Nc1c[nH]c2ncc(Br)c(N3CC[C@@H](F)[C@@H](N)C3)c12.Cl. The molecule has 3 rings (SSSR count). The molecule has 1 saturated heterocycles. The van der Waals surface area contributed by atoms with Crippen molar-refractivity contribution >= 4 is 56.7 Å². The van der Waals surface area contributed by atoms with Crippen LogP contribution in [0.5, 0.6) is 0 Å². The molecule has 0 unspecified atom stereocenters. The summed E-state index contributed by atoms with van der Waals surface area (Å²) in [5.74, 6) is -0.199. The first-order valence-corrected chi connectivity index (χ1v) is 8.78. The average Bonchev–Trinajstić information content (AvgIpc) is 2.93. The summed E-state index contributed by atoms with van der Waals surface area (Å²) in [5, 5.41) is 3.74. The van der Waals surface area contributed by atoms with E-state index in [0.29, 0.717) is 30.8 Å². The predicted octanol–water partition coefficient (Wildman–Crippen LogP) is 3.22. The van der Waals surface area contributed by atoms with Crippen molar-refractivity contribution in [3.8, 4) is 0 Å². The van der Waals surface area contributed by atoms with Crippen LogP contribution in [-0.2, 0) is 4.79 Å². The molecule has 9 heteroatoms. The second-order valence-electron chi connectivity index (χ2n) is 6.44. The van der Waals surface area contributed by atoms with Gasteiger partial charge in [0.25, 0.3) is 0 Å². The molecular weight excluding hydrogens is 413 g/mol. The van der Waals surface area contributed by atoms with Gasteiger partial charge < -0.3 is 20.9 Å². The molecule has 2 aromatic rings. The summed E-state index contributed by atoms with van der Waals surface area (Å²) in [6.07, 6.45) is 2.84. The number of pyridine rings is 1. The molecule has 0 bridgehead atoms. The standard InChI is InChI=1S/C16H21BrFN5O.ClH/c1-8(2)16(24)22-12-6-21-15-13(12)14(9(17)5-20-15)23-4-3-10(18)11(19)7-23;/h5-6,8,10-11H,3-4,7,19H2,1-2H3,(H,20,21)(H,22,24);1H/t10-,11+;/m1./s1. The lowest BCUT2D eigenvalue weighted by Gasteiger charge is -2.35. The van der Waals surface area contributed by atoms with Crippen molar-refractivity contribution in [2.24, 2.45) is 11.7 Å². The number of carbonyl (C=O) groups excluding carboxylic acids is 1. The number of fused-ring (bicyclic) bond motifs is 1. The number of aromatic nitrogens is 2. The first-order valence-electron chi connectivity index (χ1n) is 7.99. The summed E-state index contributed by atoms with van der Waals surface area (Å²) in [5.41, 5.74) is 8.13. The second-order valence-corrected chi connectivity index (χ2v) is 7.29. The van der Waals surface area contributed by atoms with E-state index < -0.39 is 12.2 Å². The van der Waals surface area contributed by atoms with E-state index in [4.69, 9.17) is 5.73 Å². The lowest BCUT2D eigenvalue weighted by Crippen LogP contribution is -2.50. The molecule has 0 aliphatic carbocycles. The van der Waals surface area contributed by atoms with Crippen LogP contribution in [0.2, 0.25) is 0 Å². The normalized spacial score (nSPS) is 20.6. The first-order chi connectivity index (χ1) is 11.4. The Hall–Kier alpha value is -1.38. The Morgan fingerprint density at radius 1 is 1.56 bits per heavy atom. The summed E-state index contributed by atoms with van der Waals surface area (Å²) < 4.78 is 14.5. The Balaban J connectivity index is 0.00000225. The van der Waals surface area contributed by atoms with Gasteiger partial charge in [0.15, 0.2) is 0 Å². The highest BCUT2D eigenvalue weighted by molar-refractivity contribution is 9.10. The van der Waals surface area contributed by atoms with Gasteiger partial charge in [-0.3, -0.25) is 4.79 Å². The molecule has 0 spiro atoms. The molecule has 6 nitrogen and oxygen atoms in total. The number of nitrogens with one attached hydrogen (secondary N) is 2. The van der Waals surface area contributed by atoms with Crippen molar-refractivity contribution in [2.45, 2.75) is 32.5 Å². The number of amides is 1. The van der Waals surface area contributed by atoms with Crippen LogP contribution in [0.1, 0.15) is 20.3 Å². The number of anilines is 2. The summed E-state index contributed by atoms with van der Waals surface area (Å²) in [6.45, 7) is 4.66. The lowest BCUT2D eigenvalue weighted by atomic mass is 10.0. The van der Waals surface area contributed by atoms with Gasteiger partial charge >= 0.3 is 0 Å². The zero-order valence-electron chi connectivity index (χ0n) is 14.1. The molecule has 4 N–H and O–H groups in total. The van der Waals surface area contributed by atoms with E-state index in [0.717, 1.165) is 15.5 Å². The third-order valence-electron chi connectivity index (χ3n) is 4.30. The van der Waals surface area contributed by atoms with Crippen LogP contribution < -0.4 is 16.0 Å². The monoisotopic (exact) mass is 433 g/mol. The fraction of sp³-hybridized carbons (Fsp3) is 0.500. The van der Waals surface area contributed by atoms with Crippen LogP contribution in [0.25, 0.3) is 11.0 Å². The molecule has 1 aliphatic heterocycles. The minimum absolute atomic E-state index is 0. The molecule has 138 valence electrons. The number of halogens is 3. The third-order valence-corrected chi connectivity index (χ3v) is 4.88. The van der Waals surface area contributed by atoms with Gasteiger partial charge in [-0.2, -0.15) is 0 Å². The molecular formula is C16H22BrClFN5O. The van der Waals surface area contributed by atoms with E-state index in [2.05, 4.69) is 31.2 Å². The maximum Gasteiger partial charge on any atom is 0.226 e. The van der Waals surface area contributed by atoms with E-state index in [1.165, 1.54) is 0 Å². The topological polar surface area (TPSA) is 87.0 Å². The van der Waals surface area contributed by atoms with Gasteiger partial charge in [0.05, 0.1) is 27.3 Å². The smallest absolute Gasteiger partial charge is 0.226 e. The van der Waals surface area contributed by atoms with Crippen LogP contribution in [0.15, 0.2) is 16.9 Å². The molecule has 0 radical (unpaired) electrons. The van der Waals surface area contributed by atoms with Gasteiger partial charge in [-0.25, -0.2) is 9.37 Å². The van der Waals surface area contributed by atoms with Crippen molar-refractivity contribution in [2.75, 3.05) is 23.3 Å². The first kappa shape index (κ1) is 19.9.